The summed E-state index contributed by atoms with van der Waals surface area (Å²) >= 11 is 0. The molecule has 6 unspecified atom stereocenters. The number of phenolic OH excluding ortho intramolecular Hbond substituents is 1. The summed E-state index contributed by atoms with van der Waals surface area (Å²) in [4.78, 5) is 70.6. The van der Waals surface area contributed by atoms with E-state index in [0.29, 0.717) is 11.3 Å². The van der Waals surface area contributed by atoms with Crippen molar-refractivity contribution in [2.75, 3.05) is 16.9 Å². The fraction of sp³-hybridized carbons (Fsp3) is 0.286. The van der Waals surface area contributed by atoms with Crippen LogP contribution in [0.3, 0.4) is 0 Å². The first kappa shape index (κ1) is 28.5. The van der Waals surface area contributed by atoms with Gasteiger partial charge >= 0.3 is 5.97 Å². The van der Waals surface area contributed by atoms with Gasteiger partial charge in [0.15, 0.2) is 11.5 Å². The summed E-state index contributed by atoms with van der Waals surface area (Å²) in [5.74, 6) is -6.15. The first-order valence-corrected chi connectivity index (χ1v) is 14.8. The molecule has 0 spiro atoms. The number of carbonyl (C=O) groups excluding carboxylic acids is 4. The summed E-state index contributed by atoms with van der Waals surface area (Å²) in [6.45, 7) is 1.79. The van der Waals surface area contributed by atoms with Crippen LogP contribution in [0.15, 0.2) is 84.4 Å². The van der Waals surface area contributed by atoms with Gasteiger partial charge in [-0.15, -0.1) is 0 Å². The molecule has 6 atom stereocenters. The van der Waals surface area contributed by atoms with Gasteiger partial charge in [0, 0.05) is 5.92 Å². The number of carboxylic acid groups (broad SMARTS) is 1. The van der Waals surface area contributed by atoms with Gasteiger partial charge in [0.1, 0.15) is 0 Å². The number of rotatable bonds is 5. The van der Waals surface area contributed by atoms with Gasteiger partial charge in [-0.1, -0.05) is 42.0 Å². The van der Waals surface area contributed by atoms with Crippen molar-refractivity contribution in [3.05, 3.63) is 95.6 Å². The second kappa shape index (κ2) is 10.2. The van der Waals surface area contributed by atoms with Crippen LogP contribution < -0.4 is 14.5 Å². The molecule has 3 aromatic rings. The molecule has 228 valence electrons. The monoisotopic (exact) mass is 606 g/mol. The lowest BCUT2D eigenvalue weighted by Crippen LogP contribution is -2.48. The largest absolute Gasteiger partial charge is 0.504 e. The highest BCUT2D eigenvalue weighted by atomic mass is 16.5. The molecule has 1 saturated carbocycles. The zero-order valence-electron chi connectivity index (χ0n) is 24.5. The predicted octanol–water partition coefficient (Wildman–Crippen LogP) is 4.53. The van der Waals surface area contributed by atoms with Crippen molar-refractivity contribution in [2.45, 2.75) is 25.7 Å². The third kappa shape index (κ3) is 3.97. The fourth-order valence-corrected chi connectivity index (χ4v) is 8.12. The number of aromatic carboxylic acids is 1. The number of allylic oxidation sites excluding steroid dienone is 2. The van der Waals surface area contributed by atoms with Crippen LogP contribution in [-0.2, 0) is 19.2 Å². The first-order chi connectivity index (χ1) is 21.6. The Morgan fingerprint density at radius 1 is 0.867 bits per heavy atom. The number of methoxy groups -OCH3 is 1. The normalized spacial score (nSPS) is 28.8. The van der Waals surface area contributed by atoms with Crippen molar-refractivity contribution in [1.82, 2.24) is 0 Å². The zero-order valence-corrected chi connectivity index (χ0v) is 24.5. The van der Waals surface area contributed by atoms with Gasteiger partial charge < -0.3 is 14.9 Å². The summed E-state index contributed by atoms with van der Waals surface area (Å²) in [5, 5.41) is 19.9. The topological polar surface area (TPSA) is 142 Å². The van der Waals surface area contributed by atoms with E-state index >= 15 is 0 Å². The van der Waals surface area contributed by atoms with Crippen LogP contribution in [0.1, 0.15) is 41.6 Å². The molecule has 4 amide bonds. The lowest BCUT2D eigenvalue weighted by molar-refractivity contribution is -0.131. The summed E-state index contributed by atoms with van der Waals surface area (Å²) in [7, 11) is 1.43. The Balaban J connectivity index is 1.36. The van der Waals surface area contributed by atoms with Crippen molar-refractivity contribution in [3.63, 3.8) is 0 Å². The third-order valence-corrected chi connectivity index (χ3v) is 10.2. The number of benzene rings is 3. The minimum Gasteiger partial charge on any atom is -0.504 e. The molecule has 0 radical (unpaired) electrons. The van der Waals surface area contributed by atoms with Crippen molar-refractivity contribution in [1.29, 1.82) is 0 Å². The SMILES string of the molecule is COc1cc(C2C3=CCC4C(=O)N(c5cccc(C(=O)O)c5)C(=O)C4C3CC3C(=O)N(c4ccccc4)C(=O)C32C)ccc1O. The number of carbonyl (C=O) groups is 5. The Bertz CT molecular complexity index is 1830. The molecule has 2 aliphatic carbocycles. The average molecular weight is 607 g/mol. The Morgan fingerprint density at radius 2 is 1.60 bits per heavy atom. The standard InChI is InChI=1S/C35H30N2O8/c1-35-25(31(40)37(34(35)44)20-8-4-3-5-9-20)17-24-22(29(35)18-11-14-26(38)27(16-18)45-2)12-13-23-28(24)32(41)36(30(23)39)21-10-6-7-19(15-21)33(42)43/h3-12,14-16,23-25,28-29,38H,13,17H2,1-2H3,(H,42,43). The highest BCUT2D eigenvalue weighted by molar-refractivity contribution is 6.25. The fourth-order valence-electron chi connectivity index (χ4n) is 8.12. The number of phenols is 1. The van der Waals surface area contributed by atoms with Crippen molar-refractivity contribution in [3.8, 4) is 11.5 Å². The molecule has 0 aromatic heterocycles. The molecule has 2 aliphatic heterocycles. The maximum absolute atomic E-state index is 14.4. The Hall–Kier alpha value is -5.25. The van der Waals surface area contributed by atoms with Crippen LogP contribution in [0, 0.1) is 29.1 Å². The number of aromatic hydroxyl groups is 1. The number of anilines is 2. The van der Waals surface area contributed by atoms with Crippen LogP contribution >= 0.6 is 0 Å². The quantitative estimate of drug-likeness (QED) is 0.319. The van der Waals surface area contributed by atoms with Gasteiger partial charge in [-0.3, -0.25) is 24.1 Å². The summed E-state index contributed by atoms with van der Waals surface area (Å²) in [6, 6.07) is 19.3. The lowest BCUT2D eigenvalue weighted by Gasteiger charge is -2.49. The zero-order chi connectivity index (χ0) is 31.8. The number of hydrogen-bond acceptors (Lipinski definition) is 7. The van der Waals surface area contributed by atoms with E-state index in [9.17, 15) is 34.2 Å². The van der Waals surface area contributed by atoms with Crippen LogP contribution in [0.2, 0.25) is 0 Å². The molecule has 3 aromatic carbocycles. The van der Waals surface area contributed by atoms with Gasteiger partial charge in [-0.05, 0) is 73.7 Å². The Labute approximate surface area is 258 Å². The summed E-state index contributed by atoms with van der Waals surface area (Å²) in [5.41, 5.74) is 0.796. The van der Waals surface area contributed by atoms with Crippen LogP contribution in [0.25, 0.3) is 0 Å². The number of carboxylic acids is 1. The second-order valence-corrected chi connectivity index (χ2v) is 12.3. The van der Waals surface area contributed by atoms with E-state index in [4.69, 9.17) is 4.74 Å². The molecular weight excluding hydrogens is 576 g/mol. The van der Waals surface area contributed by atoms with Gasteiger partial charge in [0.2, 0.25) is 23.6 Å². The smallest absolute Gasteiger partial charge is 0.335 e. The van der Waals surface area contributed by atoms with E-state index in [1.54, 1.807) is 49.4 Å². The second-order valence-electron chi connectivity index (χ2n) is 12.3. The molecule has 2 heterocycles. The van der Waals surface area contributed by atoms with Crippen molar-refractivity contribution >= 4 is 41.0 Å². The minimum atomic E-state index is -1.23. The predicted molar refractivity (Wildman–Crippen MR) is 162 cm³/mol. The molecule has 10 nitrogen and oxygen atoms in total. The van der Waals surface area contributed by atoms with Crippen LogP contribution in [0.4, 0.5) is 11.4 Å². The lowest BCUT2D eigenvalue weighted by atomic mass is 9.51. The molecule has 2 saturated heterocycles. The number of imide groups is 2. The van der Waals surface area contributed by atoms with E-state index in [-0.39, 0.29) is 47.4 Å². The molecular formula is C35H30N2O8. The van der Waals surface area contributed by atoms with Crippen molar-refractivity contribution in [2.24, 2.45) is 29.1 Å². The van der Waals surface area contributed by atoms with Crippen LogP contribution in [-0.4, -0.2) is 46.9 Å². The number of hydrogen-bond donors (Lipinski definition) is 2. The molecule has 0 bridgehead atoms. The third-order valence-electron chi connectivity index (χ3n) is 10.2. The molecule has 2 N–H and O–H groups in total. The van der Waals surface area contributed by atoms with E-state index in [1.165, 1.54) is 42.3 Å². The summed E-state index contributed by atoms with van der Waals surface area (Å²) < 4.78 is 5.41. The van der Waals surface area contributed by atoms with Gasteiger partial charge in [0.05, 0.1) is 47.2 Å². The number of ether oxygens (including phenoxy) is 1. The summed E-state index contributed by atoms with van der Waals surface area (Å²) in [6.07, 6.45) is 2.36. The van der Waals surface area contributed by atoms with Gasteiger partial charge in [0.25, 0.3) is 0 Å². The Kier molecular flexibility index (Phi) is 6.43. The minimum absolute atomic E-state index is 0.0485. The average Bonchev–Trinajstić information content (AvgIpc) is 3.41. The number of para-hydroxylation sites is 1. The Morgan fingerprint density at radius 3 is 2.31 bits per heavy atom. The van der Waals surface area contributed by atoms with Gasteiger partial charge in [-0.25, -0.2) is 9.69 Å². The van der Waals surface area contributed by atoms with E-state index in [0.717, 1.165) is 10.5 Å². The van der Waals surface area contributed by atoms with E-state index in [2.05, 4.69) is 0 Å². The maximum atomic E-state index is 14.4. The first-order valence-electron chi connectivity index (χ1n) is 14.8. The molecule has 4 aliphatic rings. The van der Waals surface area contributed by atoms with E-state index < -0.39 is 52.8 Å². The highest BCUT2D eigenvalue weighted by Gasteiger charge is 2.67. The molecule has 3 fully saturated rings. The number of nitrogens with zero attached hydrogens (tertiary/aromatic N) is 2. The van der Waals surface area contributed by atoms with E-state index in [1.807, 2.05) is 6.08 Å². The maximum Gasteiger partial charge on any atom is 0.335 e. The number of fused-ring (bicyclic) bond motifs is 4. The number of amides is 4. The highest BCUT2D eigenvalue weighted by Crippen LogP contribution is 2.64. The molecule has 7 rings (SSSR count). The van der Waals surface area contributed by atoms with Gasteiger partial charge in [-0.2, -0.15) is 0 Å². The van der Waals surface area contributed by atoms with Crippen LogP contribution in [0.5, 0.6) is 11.5 Å². The molecule has 10 heteroatoms. The van der Waals surface area contributed by atoms with Crippen molar-refractivity contribution < 1.29 is 38.9 Å². The molecule has 45 heavy (non-hydrogen) atoms.